The lowest BCUT2D eigenvalue weighted by atomic mass is 9.99. The fourth-order valence-corrected chi connectivity index (χ4v) is 4.37. The van der Waals surface area contributed by atoms with Crippen LogP contribution in [0.25, 0.3) is 0 Å². The Morgan fingerprint density at radius 3 is 2.87 bits per heavy atom. The van der Waals surface area contributed by atoms with Crippen LogP contribution >= 0.6 is 0 Å². The molecule has 4 rings (SSSR count). The number of aryl methyl sites for hydroxylation is 1. The number of ether oxygens (including phenoxy) is 1. The van der Waals surface area contributed by atoms with Crippen molar-refractivity contribution in [2.24, 2.45) is 5.92 Å². The van der Waals surface area contributed by atoms with E-state index in [-0.39, 0.29) is 18.1 Å². The summed E-state index contributed by atoms with van der Waals surface area (Å²) in [6.45, 7) is 6.82. The summed E-state index contributed by atoms with van der Waals surface area (Å²) in [5, 5.41) is 0. The van der Waals surface area contributed by atoms with E-state index in [1.807, 2.05) is 0 Å². The number of fused-ring (bicyclic) bond motifs is 2. The zero-order valence-corrected chi connectivity index (χ0v) is 13.9. The highest BCUT2D eigenvalue weighted by Crippen LogP contribution is 2.34. The standard InChI is InChI=1S/C19H26N2O2/c1-14-5-4-6-15(9-14)11-20-12-16-10-17(18(13-20)23-16)19(22)21-7-2-3-8-21/h4-6,9,16-18H,2-3,7-8,10-13H2,1H3/t16-,17+,18-/m1/s1. The molecule has 4 heteroatoms. The molecule has 3 aliphatic heterocycles. The van der Waals surface area contributed by atoms with Gasteiger partial charge in [-0.2, -0.15) is 0 Å². The van der Waals surface area contributed by atoms with Crippen molar-refractivity contribution in [1.29, 1.82) is 0 Å². The third-order valence-corrected chi connectivity index (χ3v) is 5.46. The fraction of sp³-hybridized carbons (Fsp3) is 0.632. The average Bonchev–Trinajstić information content (AvgIpc) is 3.15. The van der Waals surface area contributed by atoms with Crippen molar-refractivity contribution in [1.82, 2.24) is 9.80 Å². The Labute approximate surface area is 138 Å². The molecular formula is C19H26N2O2. The summed E-state index contributed by atoms with van der Waals surface area (Å²) in [7, 11) is 0. The number of hydrogen-bond donors (Lipinski definition) is 0. The van der Waals surface area contributed by atoms with Crippen molar-refractivity contribution in [3.05, 3.63) is 35.4 Å². The first-order valence-corrected chi connectivity index (χ1v) is 8.91. The second kappa shape index (κ2) is 6.25. The number of carbonyl (C=O) groups is 1. The van der Waals surface area contributed by atoms with E-state index >= 15 is 0 Å². The van der Waals surface area contributed by atoms with Gasteiger partial charge in [-0.3, -0.25) is 9.69 Å². The number of amides is 1. The third-order valence-electron chi connectivity index (χ3n) is 5.46. The maximum atomic E-state index is 12.7. The van der Waals surface area contributed by atoms with Gasteiger partial charge in [-0.05, 0) is 31.7 Å². The molecule has 1 aromatic carbocycles. The second-order valence-corrected chi connectivity index (χ2v) is 7.35. The summed E-state index contributed by atoms with van der Waals surface area (Å²) in [5.41, 5.74) is 2.66. The normalized spacial score (nSPS) is 30.8. The number of hydrogen-bond acceptors (Lipinski definition) is 3. The summed E-state index contributed by atoms with van der Waals surface area (Å²) in [5.74, 6) is 0.424. The molecule has 3 fully saturated rings. The van der Waals surface area contributed by atoms with Crippen LogP contribution in [0.2, 0.25) is 0 Å². The van der Waals surface area contributed by atoms with E-state index in [9.17, 15) is 4.79 Å². The van der Waals surface area contributed by atoms with Crippen LogP contribution in [0.4, 0.5) is 0 Å². The number of likely N-dealkylation sites (tertiary alicyclic amines) is 2. The van der Waals surface area contributed by atoms with Crippen LogP contribution < -0.4 is 0 Å². The average molecular weight is 314 g/mol. The molecule has 2 bridgehead atoms. The molecule has 0 aliphatic carbocycles. The second-order valence-electron chi connectivity index (χ2n) is 7.35. The minimum Gasteiger partial charge on any atom is -0.371 e. The highest BCUT2D eigenvalue weighted by Gasteiger charge is 2.45. The molecule has 0 N–H and O–H groups in total. The molecule has 23 heavy (non-hydrogen) atoms. The fourth-order valence-electron chi connectivity index (χ4n) is 4.37. The molecule has 3 atom stereocenters. The zero-order valence-electron chi connectivity index (χ0n) is 13.9. The van der Waals surface area contributed by atoms with Crippen molar-refractivity contribution in [2.75, 3.05) is 26.2 Å². The van der Waals surface area contributed by atoms with Crippen LogP contribution in [0, 0.1) is 12.8 Å². The van der Waals surface area contributed by atoms with E-state index in [0.717, 1.165) is 52.0 Å². The predicted molar refractivity (Wildman–Crippen MR) is 89.0 cm³/mol. The Hall–Kier alpha value is -1.39. The topological polar surface area (TPSA) is 32.8 Å². The Morgan fingerprint density at radius 2 is 2.09 bits per heavy atom. The molecule has 1 amide bonds. The molecule has 3 saturated heterocycles. The molecule has 3 heterocycles. The van der Waals surface area contributed by atoms with Gasteiger partial charge in [0.05, 0.1) is 18.1 Å². The number of morpholine rings is 1. The Kier molecular flexibility index (Phi) is 4.12. The van der Waals surface area contributed by atoms with Crippen molar-refractivity contribution < 1.29 is 9.53 Å². The van der Waals surface area contributed by atoms with Gasteiger partial charge in [-0.25, -0.2) is 0 Å². The lowest BCUT2D eigenvalue weighted by molar-refractivity contribution is -0.137. The maximum Gasteiger partial charge on any atom is 0.228 e. The quantitative estimate of drug-likeness (QED) is 0.857. The lowest BCUT2D eigenvalue weighted by Gasteiger charge is -2.33. The van der Waals surface area contributed by atoms with Gasteiger partial charge in [0.25, 0.3) is 0 Å². The smallest absolute Gasteiger partial charge is 0.228 e. The minimum atomic E-state index is 0.0839. The molecule has 4 nitrogen and oxygen atoms in total. The van der Waals surface area contributed by atoms with E-state index in [0.29, 0.717) is 5.91 Å². The van der Waals surface area contributed by atoms with E-state index in [2.05, 4.69) is 41.0 Å². The van der Waals surface area contributed by atoms with E-state index < -0.39 is 0 Å². The van der Waals surface area contributed by atoms with Crippen molar-refractivity contribution >= 4 is 5.91 Å². The van der Waals surface area contributed by atoms with Gasteiger partial charge in [0.1, 0.15) is 0 Å². The first-order valence-electron chi connectivity index (χ1n) is 8.91. The van der Waals surface area contributed by atoms with Crippen molar-refractivity contribution in [2.45, 2.75) is 44.9 Å². The Morgan fingerprint density at radius 1 is 1.26 bits per heavy atom. The first-order chi connectivity index (χ1) is 11.2. The zero-order chi connectivity index (χ0) is 15.8. The predicted octanol–water partition coefficient (Wildman–Crippen LogP) is 2.21. The van der Waals surface area contributed by atoms with E-state index in [4.69, 9.17) is 4.74 Å². The summed E-state index contributed by atoms with van der Waals surface area (Å²) >= 11 is 0. The first kappa shape index (κ1) is 15.2. The molecule has 0 spiro atoms. The highest BCUT2D eigenvalue weighted by atomic mass is 16.5. The summed E-state index contributed by atoms with van der Waals surface area (Å²) < 4.78 is 6.09. The van der Waals surface area contributed by atoms with Gasteiger partial charge in [0.2, 0.25) is 5.91 Å². The van der Waals surface area contributed by atoms with Gasteiger partial charge in [0, 0.05) is 32.7 Å². The van der Waals surface area contributed by atoms with Gasteiger partial charge in [0.15, 0.2) is 0 Å². The number of nitrogens with zero attached hydrogens (tertiary/aromatic N) is 2. The largest absolute Gasteiger partial charge is 0.371 e. The molecule has 0 saturated carbocycles. The molecule has 0 radical (unpaired) electrons. The molecule has 0 aromatic heterocycles. The summed E-state index contributed by atoms with van der Waals surface area (Å²) in [6.07, 6.45) is 3.55. The van der Waals surface area contributed by atoms with Crippen molar-refractivity contribution in [3.63, 3.8) is 0 Å². The molecule has 3 aliphatic rings. The number of carbonyl (C=O) groups excluding carboxylic acids is 1. The van der Waals surface area contributed by atoms with E-state index in [1.165, 1.54) is 11.1 Å². The third kappa shape index (κ3) is 3.15. The SMILES string of the molecule is Cc1cccc(CN2C[C@H]3C[C@H](C(=O)N4CCCC4)[C@@H](C2)O3)c1. The number of rotatable bonds is 3. The maximum absolute atomic E-state index is 12.7. The van der Waals surface area contributed by atoms with Gasteiger partial charge in [-0.1, -0.05) is 29.8 Å². The van der Waals surface area contributed by atoms with Gasteiger partial charge < -0.3 is 9.64 Å². The monoisotopic (exact) mass is 314 g/mol. The minimum absolute atomic E-state index is 0.0839. The molecule has 1 aromatic rings. The van der Waals surface area contributed by atoms with Crippen LogP contribution in [0.3, 0.4) is 0 Å². The van der Waals surface area contributed by atoms with Crippen LogP contribution in [0.5, 0.6) is 0 Å². The van der Waals surface area contributed by atoms with Crippen LogP contribution in [0.15, 0.2) is 24.3 Å². The van der Waals surface area contributed by atoms with E-state index in [1.54, 1.807) is 0 Å². The Bertz CT molecular complexity index is 582. The molecule has 124 valence electrons. The van der Waals surface area contributed by atoms with Gasteiger partial charge in [-0.15, -0.1) is 0 Å². The highest BCUT2D eigenvalue weighted by molar-refractivity contribution is 5.80. The molecular weight excluding hydrogens is 288 g/mol. The van der Waals surface area contributed by atoms with Crippen LogP contribution in [0.1, 0.15) is 30.4 Å². The molecule has 0 unspecified atom stereocenters. The van der Waals surface area contributed by atoms with Crippen LogP contribution in [-0.2, 0) is 16.1 Å². The Balaban J connectivity index is 1.41. The van der Waals surface area contributed by atoms with Crippen molar-refractivity contribution in [3.8, 4) is 0 Å². The number of benzene rings is 1. The summed E-state index contributed by atoms with van der Waals surface area (Å²) in [4.78, 5) is 17.2. The van der Waals surface area contributed by atoms with Gasteiger partial charge >= 0.3 is 0 Å². The summed E-state index contributed by atoms with van der Waals surface area (Å²) in [6, 6.07) is 8.71. The lowest BCUT2D eigenvalue weighted by Crippen LogP contribution is -2.45. The van der Waals surface area contributed by atoms with Crippen LogP contribution in [-0.4, -0.2) is 54.1 Å².